The number of imidazole rings is 1. The van der Waals surface area contributed by atoms with Crippen LogP contribution >= 0.6 is 11.6 Å². The van der Waals surface area contributed by atoms with Gasteiger partial charge in [0.15, 0.2) is 0 Å². The number of alkyl halides is 1. The second-order valence-corrected chi connectivity index (χ2v) is 4.19. The second kappa shape index (κ2) is 4.85. The molecule has 0 fully saturated rings. The van der Waals surface area contributed by atoms with Crippen molar-refractivity contribution in [3.8, 4) is 0 Å². The average Bonchev–Trinajstić information content (AvgIpc) is 2.55. The van der Waals surface area contributed by atoms with Gasteiger partial charge in [0.2, 0.25) is 0 Å². The zero-order valence-corrected chi connectivity index (χ0v) is 10.4. The van der Waals surface area contributed by atoms with E-state index in [1.54, 1.807) is 0 Å². The Morgan fingerprint density at radius 1 is 1.44 bits per heavy atom. The van der Waals surface area contributed by atoms with Gasteiger partial charge in [0, 0.05) is 13.6 Å². The molecule has 1 heterocycles. The molecule has 1 aromatic carbocycles. The van der Waals surface area contributed by atoms with Gasteiger partial charge < -0.3 is 9.88 Å². The largest absolute Gasteiger partial charge is 0.331 e. The quantitative estimate of drug-likeness (QED) is 0.502. The summed E-state index contributed by atoms with van der Waals surface area (Å²) in [6.45, 7) is 2.93. The highest BCUT2D eigenvalue weighted by Crippen LogP contribution is 2.16. The third kappa shape index (κ3) is 2.20. The number of fused-ring (bicyclic) bond motifs is 1. The fourth-order valence-electron chi connectivity index (χ4n) is 1.82. The summed E-state index contributed by atoms with van der Waals surface area (Å²) < 4.78 is 2.11. The molecule has 3 nitrogen and oxygen atoms in total. The van der Waals surface area contributed by atoms with Gasteiger partial charge in [0.1, 0.15) is 5.82 Å². The van der Waals surface area contributed by atoms with Gasteiger partial charge in [-0.3, -0.25) is 0 Å². The Morgan fingerprint density at radius 3 is 3.00 bits per heavy atom. The van der Waals surface area contributed by atoms with Gasteiger partial charge >= 0.3 is 0 Å². The summed E-state index contributed by atoms with van der Waals surface area (Å²) in [6.07, 6.45) is 0.984. The average molecular weight is 238 g/mol. The fourth-order valence-corrected chi connectivity index (χ4v) is 1.95. The Kier molecular flexibility index (Phi) is 3.46. The van der Waals surface area contributed by atoms with E-state index < -0.39 is 0 Å². The molecule has 1 N–H and O–H groups in total. The summed E-state index contributed by atoms with van der Waals surface area (Å²) in [6, 6.07) is 6.94. The van der Waals surface area contributed by atoms with E-state index in [1.165, 1.54) is 11.1 Å². The predicted octanol–water partition coefficient (Wildman–Crippen LogP) is 2.21. The monoisotopic (exact) mass is 237 g/mol. The Morgan fingerprint density at radius 2 is 2.25 bits per heavy atom. The maximum absolute atomic E-state index is 5.56. The lowest BCUT2D eigenvalue weighted by atomic mass is 10.1. The summed E-state index contributed by atoms with van der Waals surface area (Å²) in [5.41, 5.74) is 3.55. The van der Waals surface area contributed by atoms with Crippen molar-refractivity contribution in [2.45, 2.75) is 13.3 Å². The number of benzene rings is 1. The van der Waals surface area contributed by atoms with Crippen LogP contribution in [0.4, 0.5) is 0 Å². The van der Waals surface area contributed by atoms with Crippen molar-refractivity contribution in [1.29, 1.82) is 0 Å². The van der Waals surface area contributed by atoms with Crippen LogP contribution in [0.15, 0.2) is 18.2 Å². The smallest absolute Gasteiger partial charge is 0.106 e. The molecular formula is C12H16ClN3. The van der Waals surface area contributed by atoms with E-state index in [2.05, 4.69) is 33.1 Å². The predicted molar refractivity (Wildman–Crippen MR) is 67.9 cm³/mol. The summed E-state index contributed by atoms with van der Waals surface area (Å²) in [5.74, 6) is 1.05. The minimum Gasteiger partial charge on any atom is -0.331 e. The van der Waals surface area contributed by atoms with Crippen molar-refractivity contribution >= 4 is 22.6 Å². The highest BCUT2D eigenvalue weighted by atomic mass is 35.5. The van der Waals surface area contributed by atoms with Gasteiger partial charge in [-0.1, -0.05) is 6.07 Å². The number of hydrogen-bond donors (Lipinski definition) is 1. The van der Waals surface area contributed by atoms with Crippen molar-refractivity contribution in [1.82, 2.24) is 14.9 Å². The Labute approximate surface area is 100 Å². The van der Waals surface area contributed by atoms with Crippen LogP contribution in [0.3, 0.4) is 0 Å². The number of rotatable bonds is 4. The van der Waals surface area contributed by atoms with E-state index in [-0.39, 0.29) is 0 Å². The van der Waals surface area contributed by atoms with Crippen LogP contribution in [0.5, 0.6) is 0 Å². The van der Waals surface area contributed by atoms with E-state index in [0.717, 1.165) is 24.3 Å². The molecule has 0 bridgehead atoms. The van der Waals surface area contributed by atoms with Gasteiger partial charge in [-0.25, -0.2) is 4.98 Å². The SMILES string of the molecule is Cc1nc2cc(CCNCCl)ccc2n1C. The second-order valence-electron chi connectivity index (χ2n) is 3.92. The van der Waals surface area contributed by atoms with Crippen LogP contribution in [-0.4, -0.2) is 22.1 Å². The normalized spacial score (nSPS) is 11.2. The summed E-state index contributed by atoms with van der Waals surface area (Å²) in [7, 11) is 2.04. The van der Waals surface area contributed by atoms with E-state index in [4.69, 9.17) is 11.6 Å². The fraction of sp³-hybridized carbons (Fsp3) is 0.417. The van der Waals surface area contributed by atoms with Crippen molar-refractivity contribution in [3.05, 3.63) is 29.6 Å². The zero-order chi connectivity index (χ0) is 11.5. The van der Waals surface area contributed by atoms with Crippen LogP contribution in [-0.2, 0) is 13.5 Å². The number of hydrogen-bond acceptors (Lipinski definition) is 2. The molecule has 0 saturated carbocycles. The summed E-state index contributed by atoms with van der Waals surface area (Å²) in [5, 5.41) is 3.10. The van der Waals surface area contributed by atoms with E-state index in [0.29, 0.717) is 6.00 Å². The topological polar surface area (TPSA) is 29.9 Å². The number of nitrogens with zero attached hydrogens (tertiary/aromatic N) is 2. The van der Waals surface area contributed by atoms with Gasteiger partial charge in [-0.15, -0.1) is 11.6 Å². The first-order chi connectivity index (χ1) is 7.72. The molecular weight excluding hydrogens is 222 g/mol. The molecule has 0 spiro atoms. The Balaban J connectivity index is 2.23. The first-order valence-electron chi connectivity index (χ1n) is 5.41. The number of nitrogens with one attached hydrogen (secondary N) is 1. The van der Waals surface area contributed by atoms with Crippen LogP contribution in [0.2, 0.25) is 0 Å². The molecule has 2 rings (SSSR count). The van der Waals surface area contributed by atoms with Crippen LogP contribution < -0.4 is 5.32 Å². The van der Waals surface area contributed by atoms with Gasteiger partial charge in [0.05, 0.1) is 17.0 Å². The molecule has 0 aliphatic rings. The lowest BCUT2D eigenvalue weighted by molar-refractivity contribution is 0.771. The first-order valence-corrected chi connectivity index (χ1v) is 5.94. The van der Waals surface area contributed by atoms with Gasteiger partial charge in [-0.2, -0.15) is 0 Å². The maximum Gasteiger partial charge on any atom is 0.106 e. The third-order valence-corrected chi connectivity index (χ3v) is 3.04. The number of aryl methyl sites for hydroxylation is 2. The Bertz CT molecular complexity index is 490. The molecule has 0 atom stereocenters. The molecule has 0 unspecified atom stereocenters. The standard InChI is InChI=1S/C12H16ClN3/c1-9-15-11-7-10(5-6-14-8-13)3-4-12(11)16(9)2/h3-4,7,14H,5-6,8H2,1-2H3. The third-order valence-electron chi connectivity index (χ3n) is 2.85. The number of halogens is 1. The lowest BCUT2D eigenvalue weighted by Gasteiger charge is -2.02. The highest BCUT2D eigenvalue weighted by molar-refractivity contribution is 6.17. The van der Waals surface area contributed by atoms with Crippen molar-refractivity contribution in [3.63, 3.8) is 0 Å². The van der Waals surface area contributed by atoms with E-state index in [1.807, 2.05) is 14.0 Å². The summed E-state index contributed by atoms with van der Waals surface area (Å²) >= 11 is 5.56. The molecule has 0 aliphatic carbocycles. The minimum absolute atomic E-state index is 0.505. The molecule has 16 heavy (non-hydrogen) atoms. The van der Waals surface area contributed by atoms with E-state index >= 15 is 0 Å². The van der Waals surface area contributed by atoms with Crippen molar-refractivity contribution < 1.29 is 0 Å². The van der Waals surface area contributed by atoms with Crippen LogP contribution in [0.25, 0.3) is 11.0 Å². The molecule has 0 saturated heterocycles. The molecule has 1 aromatic heterocycles. The molecule has 4 heteroatoms. The molecule has 2 aromatic rings. The van der Waals surface area contributed by atoms with Crippen molar-refractivity contribution in [2.24, 2.45) is 7.05 Å². The highest BCUT2D eigenvalue weighted by Gasteiger charge is 2.04. The van der Waals surface area contributed by atoms with Crippen LogP contribution in [0.1, 0.15) is 11.4 Å². The Hall–Kier alpha value is -1.06. The van der Waals surface area contributed by atoms with Crippen molar-refractivity contribution in [2.75, 3.05) is 12.5 Å². The van der Waals surface area contributed by atoms with E-state index in [9.17, 15) is 0 Å². The first kappa shape index (κ1) is 11.4. The molecule has 86 valence electrons. The van der Waals surface area contributed by atoms with Gasteiger partial charge in [0.25, 0.3) is 0 Å². The molecule has 0 aliphatic heterocycles. The molecule has 0 amide bonds. The van der Waals surface area contributed by atoms with Crippen LogP contribution in [0, 0.1) is 6.92 Å². The number of aromatic nitrogens is 2. The zero-order valence-electron chi connectivity index (χ0n) is 9.63. The minimum atomic E-state index is 0.505. The molecule has 0 radical (unpaired) electrons. The lowest BCUT2D eigenvalue weighted by Crippen LogP contribution is -2.14. The van der Waals surface area contributed by atoms with Gasteiger partial charge in [-0.05, 0) is 31.0 Å². The maximum atomic E-state index is 5.56. The summed E-state index contributed by atoms with van der Waals surface area (Å²) in [4.78, 5) is 4.52.